The maximum Gasteiger partial charge on any atom is 0.264 e. The fraction of sp³-hybridized carbons (Fsp3) is 0.259. The van der Waals surface area contributed by atoms with Crippen LogP contribution in [0.15, 0.2) is 76.1 Å². The fourth-order valence-electron chi connectivity index (χ4n) is 3.83. The van der Waals surface area contributed by atoms with E-state index in [1.807, 2.05) is 31.2 Å². The normalized spacial score (nSPS) is 12.1. The minimum absolute atomic E-state index is 0.0547. The highest BCUT2D eigenvalue weighted by atomic mass is 79.9. The molecule has 0 aliphatic heterocycles. The molecule has 0 heterocycles. The number of carbonyl (C=O) groups is 2. The standard InChI is InChI=1S/C27H29BrClN3O4S/c1-18-5-12-24(13-6-18)37(35,36)32(25-14-11-23(29)15-19(25)2)17-26(33)31(20(3)27(34)30-4)16-21-7-9-22(28)10-8-21/h5-15,20H,16-17H2,1-4H3,(H,30,34)/t20-/m0/s1. The zero-order valence-electron chi connectivity index (χ0n) is 21.0. The van der Waals surface area contributed by atoms with Gasteiger partial charge in [0.1, 0.15) is 12.6 Å². The second kappa shape index (κ2) is 12.1. The van der Waals surface area contributed by atoms with Crippen LogP contribution in [0.25, 0.3) is 0 Å². The van der Waals surface area contributed by atoms with Crippen LogP contribution in [-0.2, 0) is 26.2 Å². The van der Waals surface area contributed by atoms with E-state index in [-0.39, 0.29) is 17.3 Å². The Labute approximate surface area is 231 Å². The van der Waals surface area contributed by atoms with E-state index in [4.69, 9.17) is 11.6 Å². The zero-order valence-corrected chi connectivity index (χ0v) is 24.2. The Hall–Kier alpha value is -2.88. The molecule has 10 heteroatoms. The van der Waals surface area contributed by atoms with Crippen molar-refractivity contribution in [2.45, 2.75) is 38.3 Å². The van der Waals surface area contributed by atoms with Crippen LogP contribution in [0.1, 0.15) is 23.6 Å². The molecule has 0 bridgehead atoms. The van der Waals surface area contributed by atoms with Crippen molar-refractivity contribution in [3.8, 4) is 0 Å². The van der Waals surface area contributed by atoms with Gasteiger partial charge in [-0.25, -0.2) is 8.42 Å². The molecule has 1 N–H and O–H groups in total. The first-order chi connectivity index (χ1) is 17.4. The Bertz CT molecular complexity index is 1380. The van der Waals surface area contributed by atoms with Crippen LogP contribution in [0.5, 0.6) is 0 Å². The summed E-state index contributed by atoms with van der Waals surface area (Å²) in [6.45, 7) is 4.83. The fourth-order valence-corrected chi connectivity index (χ4v) is 5.80. The molecule has 7 nitrogen and oxygen atoms in total. The Morgan fingerprint density at radius 3 is 2.19 bits per heavy atom. The second-order valence-corrected chi connectivity index (χ2v) is 11.9. The number of anilines is 1. The summed E-state index contributed by atoms with van der Waals surface area (Å²) in [5.74, 6) is -0.884. The number of aryl methyl sites for hydroxylation is 2. The van der Waals surface area contributed by atoms with Crippen molar-refractivity contribution < 1.29 is 18.0 Å². The van der Waals surface area contributed by atoms with Gasteiger partial charge in [0, 0.05) is 23.1 Å². The van der Waals surface area contributed by atoms with E-state index < -0.39 is 28.5 Å². The van der Waals surface area contributed by atoms with Crippen molar-refractivity contribution in [1.29, 1.82) is 0 Å². The Kier molecular flexibility index (Phi) is 9.39. The summed E-state index contributed by atoms with van der Waals surface area (Å²) in [5.41, 5.74) is 2.62. The van der Waals surface area contributed by atoms with Gasteiger partial charge in [-0.15, -0.1) is 0 Å². The second-order valence-electron chi connectivity index (χ2n) is 8.69. The van der Waals surface area contributed by atoms with Crippen molar-refractivity contribution in [2.24, 2.45) is 0 Å². The van der Waals surface area contributed by atoms with Crippen LogP contribution in [0.2, 0.25) is 5.02 Å². The zero-order chi connectivity index (χ0) is 27.3. The van der Waals surface area contributed by atoms with Gasteiger partial charge in [0.25, 0.3) is 10.0 Å². The van der Waals surface area contributed by atoms with E-state index in [0.717, 1.165) is 19.9 Å². The van der Waals surface area contributed by atoms with E-state index in [1.165, 1.54) is 24.1 Å². The monoisotopic (exact) mass is 605 g/mol. The summed E-state index contributed by atoms with van der Waals surface area (Å²) in [7, 11) is -2.64. The minimum atomic E-state index is -4.13. The molecule has 3 aromatic rings. The highest BCUT2D eigenvalue weighted by Crippen LogP contribution is 2.29. The molecule has 0 aliphatic rings. The number of sulfonamides is 1. The SMILES string of the molecule is CNC(=O)[C@H](C)N(Cc1ccc(Br)cc1)C(=O)CN(c1ccc(Cl)cc1C)S(=O)(=O)c1ccc(C)cc1. The number of amides is 2. The number of rotatable bonds is 9. The number of benzene rings is 3. The minimum Gasteiger partial charge on any atom is -0.357 e. The summed E-state index contributed by atoms with van der Waals surface area (Å²) >= 11 is 9.52. The van der Waals surface area contributed by atoms with Gasteiger partial charge >= 0.3 is 0 Å². The lowest BCUT2D eigenvalue weighted by Crippen LogP contribution is -2.50. The summed E-state index contributed by atoms with van der Waals surface area (Å²) < 4.78 is 29.6. The summed E-state index contributed by atoms with van der Waals surface area (Å²) in [5, 5.41) is 3.02. The molecule has 2 amide bonds. The molecule has 0 saturated heterocycles. The van der Waals surface area contributed by atoms with Crippen LogP contribution in [-0.4, -0.2) is 44.8 Å². The van der Waals surface area contributed by atoms with Gasteiger partial charge in [-0.05, 0) is 74.4 Å². The van der Waals surface area contributed by atoms with Crippen LogP contribution in [0, 0.1) is 13.8 Å². The molecule has 0 unspecified atom stereocenters. The third kappa shape index (κ3) is 6.91. The van der Waals surface area contributed by atoms with Crippen LogP contribution < -0.4 is 9.62 Å². The van der Waals surface area contributed by atoms with E-state index >= 15 is 0 Å². The number of halogens is 2. The Morgan fingerprint density at radius 2 is 1.62 bits per heavy atom. The van der Waals surface area contributed by atoms with Crippen LogP contribution >= 0.6 is 27.5 Å². The van der Waals surface area contributed by atoms with Gasteiger partial charge in [-0.1, -0.05) is 57.4 Å². The van der Waals surface area contributed by atoms with Gasteiger partial charge in [-0.3, -0.25) is 13.9 Å². The maximum absolute atomic E-state index is 13.8. The first kappa shape index (κ1) is 28.7. The van der Waals surface area contributed by atoms with Crippen molar-refractivity contribution in [1.82, 2.24) is 10.2 Å². The topological polar surface area (TPSA) is 86.8 Å². The van der Waals surface area contributed by atoms with Crippen molar-refractivity contribution in [3.63, 3.8) is 0 Å². The average Bonchev–Trinajstić information content (AvgIpc) is 2.86. The number of hydrogen-bond donors (Lipinski definition) is 1. The number of nitrogens with zero attached hydrogens (tertiary/aromatic N) is 2. The lowest BCUT2D eigenvalue weighted by molar-refractivity contribution is -0.139. The first-order valence-corrected chi connectivity index (χ1v) is 14.2. The van der Waals surface area contributed by atoms with Gasteiger partial charge in [0.2, 0.25) is 11.8 Å². The lowest BCUT2D eigenvalue weighted by atomic mass is 10.1. The van der Waals surface area contributed by atoms with Gasteiger partial charge in [-0.2, -0.15) is 0 Å². The number of carbonyl (C=O) groups excluding carboxylic acids is 2. The quantitative estimate of drug-likeness (QED) is 0.368. The van der Waals surface area contributed by atoms with E-state index in [2.05, 4.69) is 21.2 Å². The number of hydrogen-bond acceptors (Lipinski definition) is 4. The molecule has 196 valence electrons. The largest absolute Gasteiger partial charge is 0.357 e. The van der Waals surface area contributed by atoms with Crippen molar-refractivity contribution in [2.75, 3.05) is 17.9 Å². The smallest absolute Gasteiger partial charge is 0.264 e. The predicted molar refractivity (Wildman–Crippen MR) is 150 cm³/mol. The lowest BCUT2D eigenvalue weighted by Gasteiger charge is -2.32. The maximum atomic E-state index is 13.8. The molecule has 3 rings (SSSR count). The highest BCUT2D eigenvalue weighted by molar-refractivity contribution is 9.10. The summed E-state index contributed by atoms with van der Waals surface area (Å²) in [6.07, 6.45) is 0. The van der Waals surface area contributed by atoms with Crippen LogP contribution in [0.4, 0.5) is 5.69 Å². The molecule has 1 atom stereocenters. The molecular weight excluding hydrogens is 578 g/mol. The van der Waals surface area contributed by atoms with E-state index in [9.17, 15) is 18.0 Å². The predicted octanol–water partition coefficient (Wildman–Crippen LogP) is 5.08. The Morgan fingerprint density at radius 1 is 1.00 bits per heavy atom. The Balaban J connectivity index is 2.06. The molecule has 0 fully saturated rings. The number of likely N-dealkylation sites (N-methyl/N-ethyl adjacent to an activating group) is 1. The molecular formula is C27H29BrClN3O4S. The summed E-state index contributed by atoms with van der Waals surface area (Å²) in [6, 6.07) is 17.8. The molecule has 0 aromatic heterocycles. The third-order valence-electron chi connectivity index (χ3n) is 6.00. The molecule has 3 aromatic carbocycles. The molecule has 0 radical (unpaired) electrons. The van der Waals surface area contributed by atoms with Crippen molar-refractivity contribution in [3.05, 3.63) is 92.9 Å². The first-order valence-electron chi connectivity index (χ1n) is 11.5. The molecule has 37 heavy (non-hydrogen) atoms. The average molecular weight is 607 g/mol. The van der Waals surface area contributed by atoms with Gasteiger partial charge < -0.3 is 10.2 Å². The third-order valence-corrected chi connectivity index (χ3v) is 8.53. The highest BCUT2D eigenvalue weighted by Gasteiger charge is 2.33. The van der Waals surface area contributed by atoms with E-state index in [0.29, 0.717) is 16.3 Å². The molecule has 0 saturated carbocycles. The number of nitrogens with one attached hydrogen (secondary N) is 1. The van der Waals surface area contributed by atoms with Crippen LogP contribution in [0.3, 0.4) is 0 Å². The van der Waals surface area contributed by atoms with Crippen molar-refractivity contribution >= 4 is 55.1 Å². The summed E-state index contributed by atoms with van der Waals surface area (Å²) in [4.78, 5) is 27.8. The molecule has 0 spiro atoms. The van der Waals surface area contributed by atoms with Gasteiger partial charge in [0.15, 0.2) is 0 Å². The van der Waals surface area contributed by atoms with Gasteiger partial charge in [0.05, 0.1) is 10.6 Å². The van der Waals surface area contributed by atoms with E-state index in [1.54, 1.807) is 44.2 Å². The molecule has 0 aliphatic carbocycles.